The van der Waals surface area contributed by atoms with Crippen molar-refractivity contribution in [3.63, 3.8) is 0 Å². The lowest BCUT2D eigenvalue weighted by Crippen LogP contribution is -2.32. The second-order valence-corrected chi connectivity index (χ2v) is 7.85. The first kappa shape index (κ1) is 20.8. The molecule has 0 unspecified atom stereocenters. The van der Waals surface area contributed by atoms with Gasteiger partial charge >= 0.3 is 0 Å². The van der Waals surface area contributed by atoms with Crippen LogP contribution in [0.25, 0.3) is 11.3 Å². The fraction of sp³-hybridized carbons (Fsp3) is 0.391. The van der Waals surface area contributed by atoms with Crippen molar-refractivity contribution in [2.45, 2.75) is 38.1 Å². The largest absolute Gasteiger partial charge is 0.497 e. The Bertz CT molecular complexity index is 1130. The highest BCUT2D eigenvalue weighted by atomic mass is 16.5. The lowest BCUT2D eigenvalue weighted by atomic mass is 10.0. The van der Waals surface area contributed by atoms with E-state index in [1.165, 1.54) is 17.4 Å². The summed E-state index contributed by atoms with van der Waals surface area (Å²) in [6.07, 6.45) is 6.21. The third kappa shape index (κ3) is 4.68. The molecule has 1 aliphatic rings. The standard InChI is InChI=1S/C23H27N5O3/c1-27-21(13-20(26-27)17-8-5-9-18(12-17)31-2)23(30)24-10-11-28-15-25-19(14-22(28)29)16-6-3-4-7-16/h5,8-9,12-16H,3-4,6-7,10-11H2,1-2H3,(H,24,30). The summed E-state index contributed by atoms with van der Waals surface area (Å²) >= 11 is 0. The van der Waals surface area contributed by atoms with Crippen LogP contribution in [0.4, 0.5) is 0 Å². The van der Waals surface area contributed by atoms with Crippen LogP contribution >= 0.6 is 0 Å². The zero-order valence-corrected chi connectivity index (χ0v) is 17.9. The number of carbonyl (C=O) groups excluding carboxylic acids is 1. The molecule has 0 bridgehead atoms. The number of ether oxygens (including phenoxy) is 1. The third-order valence-corrected chi connectivity index (χ3v) is 5.79. The minimum atomic E-state index is -0.243. The van der Waals surface area contributed by atoms with Gasteiger partial charge in [0.05, 0.1) is 24.8 Å². The first-order chi connectivity index (χ1) is 15.0. The van der Waals surface area contributed by atoms with Crippen LogP contribution in [0.1, 0.15) is 47.8 Å². The van der Waals surface area contributed by atoms with Gasteiger partial charge in [0, 0.05) is 37.7 Å². The number of methoxy groups -OCH3 is 1. The Morgan fingerprint density at radius 1 is 1.23 bits per heavy atom. The summed E-state index contributed by atoms with van der Waals surface area (Å²) in [5.41, 5.74) is 2.82. The Labute approximate surface area is 180 Å². The Morgan fingerprint density at radius 2 is 2.03 bits per heavy atom. The lowest BCUT2D eigenvalue weighted by Gasteiger charge is -2.11. The van der Waals surface area contributed by atoms with Gasteiger partial charge in [-0.3, -0.25) is 18.8 Å². The van der Waals surface area contributed by atoms with Gasteiger partial charge < -0.3 is 10.1 Å². The van der Waals surface area contributed by atoms with Crippen molar-refractivity contribution in [1.82, 2.24) is 24.6 Å². The molecule has 31 heavy (non-hydrogen) atoms. The molecular weight excluding hydrogens is 394 g/mol. The highest BCUT2D eigenvalue weighted by molar-refractivity contribution is 5.93. The van der Waals surface area contributed by atoms with Crippen molar-refractivity contribution in [3.8, 4) is 17.0 Å². The normalized spacial score (nSPS) is 14.0. The van der Waals surface area contributed by atoms with Crippen molar-refractivity contribution in [2.24, 2.45) is 7.05 Å². The molecule has 8 nitrogen and oxygen atoms in total. The van der Waals surface area contributed by atoms with Gasteiger partial charge in [-0.25, -0.2) is 4.98 Å². The van der Waals surface area contributed by atoms with E-state index in [1.54, 1.807) is 37.3 Å². The van der Waals surface area contributed by atoms with Crippen LogP contribution in [0.15, 0.2) is 47.5 Å². The summed E-state index contributed by atoms with van der Waals surface area (Å²) in [5, 5.41) is 7.30. The molecule has 1 N–H and O–H groups in total. The lowest BCUT2D eigenvalue weighted by molar-refractivity contribution is 0.0942. The summed E-state index contributed by atoms with van der Waals surface area (Å²) in [6, 6.07) is 10.9. The molecule has 2 heterocycles. The second-order valence-electron chi connectivity index (χ2n) is 7.85. The number of amides is 1. The molecular formula is C23H27N5O3. The Hall–Kier alpha value is -3.42. The quantitative estimate of drug-likeness (QED) is 0.633. The molecule has 0 saturated heterocycles. The van der Waals surface area contributed by atoms with E-state index in [-0.39, 0.29) is 11.5 Å². The molecule has 0 atom stereocenters. The molecule has 8 heteroatoms. The van der Waals surface area contributed by atoms with Crippen LogP contribution in [-0.2, 0) is 13.6 Å². The number of benzene rings is 1. The predicted octanol–water partition coefficient (Wildman–Crippen LogP) is 2.74. The summed E-state index contributed by atoms with van der Waals surface area (Å²) < 4.78 is 8.34. The summed E-state index contributed by atoms with van der Waals surface area (Å²) in [5.74, 6) is 0.894. The van der Waals surface area contributed by atoms with E-state index in [0.717, 1.165) is 29.8 Å². The van der Waals surface area contributed by atoms with Gasteiger partial charge in [-0.15, -0.1) is 0 Å². The second kappa shape index (κ2) is 9.16. The smallest absolute Gasteiger partial charge is 0.269 e. The van der Waals surface area contributed by atoms with E-state index in [2.05, 4.69) is 15.4 Å². The Morgan fingerprint density at radius 3 is 2.77 bits per heavy atom. The molecule has 1 amide bonds. The topological polar surface area (TPSA) is 91.0 Å². The van der Waals surface area contributed by atoms with Gasteiger partial charge in [0.15, 0.2) is 0 Å². The van der Waals surface area contributed by atoms with Gasteiger partial charge in [-0.05, 0) is 31.0 Å². The van der Waals surface area contributed by atoms with Crippen molar-refractivity contribution < 1.29 is 9.53 Å². The van der Waals surface area contributed by atoms with Crippen molar-refractivity contribution in [1.29, 1.82) is 0 Å². The number of carbonyl (C=O) groups is 1. The highest BCUT2D eigenvalue weighted by Gasteiger charge is 2.19. The minimum absolute atomic E-state index is 0.0769. The number of nitrogens with zero attached hydrogens (tertiary/aromatic N) is 4. The van der Waals surface area contributed by atoms with Crippen LogP contribution in [0.2, 0.25) is 0 Å². The zero-order chi connectivity index (χ0) is 21.8. The average Bonchev–Trinajstić information content (AvgIpc) is 3.45. The maximum absolute atomic E-state index is 12.6. The molecule has 1 saturated carbocycles. The first-order valence-corrected chi connectivity index (χ1v) is 10.6. The molecule has 162 valence electrons. The molecule has 1 aliphatic carbocycles. The fourth-order valence-corrected chi connectivity index (χ4v) is 4.04. The molecule has 0 spiro atoms. The molecule has 1 fully saturated rings. The van der Waals surface area contributed by atoms with E-state index in [1.807, 2.05) is 24.3 Å². The number of hydrogen-bond acceptors (Lipinski definition) is 5. The predicted molar refractivity (Wildman–Crippen MR) is 117 cm³/mol. The maximum Gasteiger partial charge on any atom is 0.269 e. The number of rotatable bonds is 7. The van der Waals surface area contributed by atoms with E-state index in [0.29, 0.717) is 30.4 Å². The first-order valence-electron chi connectivity index (χ1n) is 10.6. The molecule has 1 aromatic carbocycles. The molecule has 0 radical (unpaired) electrons. The third-order valence-electron chi connectivity index (χ3n) is 5.79. The van der Waals surface area contributed by atoms with E-state index >= 15 is 0 Å². The monoisotopic (exact) mass is 421 g/mol. The number of aromatic nitrogens is 4. The van der Waals surface area contributed by atoms with Crippen LogP contribution in [0, 0.1) is 0 Å². The molecule has 2 aromatic heterocycles. The SMILES string of the molecule is COc1cccc(-c2cc(C(=O)NCCn3cnc(C4CCCC4)cc3=O)n(C)n2)c1. The number of aryl methyl sites for hydroxylation is 1. The minimum Gasteiger partial charge on any atom is -0.497 e. The molecule has 0 aliphatic heterocycles. The summed E-state index contributed by atoms with van der Waals surface area (Å²) in [7, 11) is 3.34. The Balaban J connectivity index is 1.38. The van der Waals surface area contributed by atoms with Crippen LogP contribution in [0.3, 0.4) is 0 Å². The van der Waals surface area contributed by atoms with Crippen molar-refractivity contribution in [2.75, 3.05) is 13.7 Å². The van der Waals surface area contributed by atoms with Crippen molar-refractivity contribution >= 4 is 5.91 Å². The molecule has 3 aromatic rings. The van der Waals surface area contributed by atoms with E-state index in [9.17, 15) is 9.59 Å². The fourth-order valence-electron chi connectivity index (χ4n) is 4.04. The van der Waals surface area contributed by atoms with Crippen molar-refractivity contribution in [3.05, 3.63) is 64.5 Å². The van der Waals surface area contributed by atoms with Gasteiger partial charge in [-0.2, -0.15) is 5.10 Å². The van der Waals surface area contributed by atoms with Crippen LogP contribution in [-0.4, -0.2) is 38.9 Å². The van der Waals surface area contributed by atoms with Gasteiger partial charge in [0.25, 0.3) is 11.5 Å². The number of nitrogens with one attached hydrogen (secondary N) is 1. The average molecular weight is 422 g/mol. The summed E-state index contributed by atoms with van der Waals surface area (Å²) in [6.45, 7) is 0.686. The maximum atomic E-state index is 12.6. The van der Waals surface area contributed by atoms with Crippen LogP contribution < -0.4 is 15.6 Å². The van der Waals surface area contributed by atoms with Gasteiger partial charge in [0.1, 0.15) is 11.4 Å². The Kier molecular flexibility index (Phi) is 6.16. The summed E-state index contributed by atoms with van der Waals surface area (Å²) in [4.78, 5) is 29.5. The van der Waals surface area contributed by atoms with Gasteiger partial charge in [0.2, 0.25) is 0 Å². The van der Waals surface area contributed by atoms with E-state index < -0.39 is 0 Å². The van der Waals surface area contributed by atoms with Crippen LogP contribution in [0.5, 0.6) is 5.75 Å². The number of hydrogen-bond donors (Lipinski definition) is 1. The van der Waals surface area contributed by atoms with E-state index in [4.69, 9.17) is 4.74 Å². The zero-order valence-electron chi connectivity index (χ0n) is 17.9. The highest BCUT2D eigenvalue weighted by Crippen LogP contribution is 2.32. The van der Waals surface area contributed by atoms with Gasteiger partial charge in [-0.1, -0.05) is 25.0 Å². The molecule has 4 rings (SSSR count).